The van der Waals surface area contributed by atoms with Crippen LogP contribution in [0.4, 0.5) is 23.1 Å². The molecule has 1 aromatic heterocycles. The lowest BCUT2D eigenvalue weighted by Gasteiger charge is -2.61. The molecule has 170 valence electrons. The number of hydrogen-bond donors (Lipinski definition) is 3. The second kappa shape index (κ2) is 6.94. The van der Waals surface area contributed by atoms with E-state index in [9.17, 15) is 27.9 Å². The molecular weight excluding hydrogens is 435 g/mol. The van der Waals surface area contributed by atoms with E-state index in [0.717, 1.165) is 19.3 Å². The molecule has 0 spiro atoms. The summed E-state index contributed by atoms with van der Waals surface area (Å²) in [5.74, 6) is 0.608. The summed E-state index contributed by atoms with van der Waals surface area (Å²) < 4.78 is 38.7. The second-order valence-electron chi connectivity index (χ2n) is 9.61. The van der Waals surface area contributed by atoms with Crippen LogP contribution in [0.3, 0.4) is 0 Å². The molecule has 4 bridgehead atoms. The molecule has 0 aromatic carbocycles. The number of amides is 2. The SMILES string of the molecule is NC(=O)C12CC3CC(C1)C([C@@H]1C(Nc4nnc(C(F)(F)F)s4)CCN1C(=O)O)[C@@H](C3)C2. The third-order valence-electron chi connectivity index (χ3n) is 7.94. The maximum absolute atomic E-state index is 12.9. The Labute approximate surface area is 180 Å². The van der Waals surface area contributed by atoms with E-state index in [-0.39, 0.29) is 40.9 Å². The van der Waals surface area contributed by atoms with Crippen molar-refractivity contribution in [1.29, 1.82) is 0 Å². The minimum Gasteiger partial charge on any atom is -0.465 e. The van der Waals surface area contributed by atoms with Crippen LogP contribution in [-0.2, 0) is 11.0 Å². The summed E-state index contributed by atoms with van der Waals surface area (Å²) in [5, 5.41) is 18.8. The molecule has 5 aliphatic rings. The Morgan fingerprint density at radius 1 is 1.19 bits per heavy atom. The van der Waals surface area contributed by atoms with Gasteiger partial charge in [0.1, 0.15) is 0 Å². The first-order chi connectivity index (χ1) is 14.6. The molecule has 1 aromatic rings. The highest BCUT2D eigenvalue weighted by atomic mass is 32.1. The largest absolute Gasteiger partial charge is 0.465 e. The Morgan fingerprint density at radius 3 is 2.42 bits per heavy atom. The number of hydrogen-bond acceptors (Lipinski definition) is 6. The van der Waals surface area contributed by atoms with Gasteiger partial charge in [-0.25, -0.2) is 4.79 Å². The van der Waals surface area contributed by atoms with Crippen LogP contribution < -0.4 is 11.1 Å². The number of aromatic nitrogens is 2. The third-order valence-corrected chi connectivity index (χ3v) is 8.84. The van der Waals surface area contributed by atoms with E-state index in [1.54, 1.807) is 0 Å². The van der Waals surface area contributed by atoms with Crippen LogP contribution in [0.15, 0.2) is 0 Å². The Kier molecular flexibility index (Phi) is 4.65. The molecule has 12 heteroatoms. The van der Waals surface area contributed by atoms with Crippen molar-refractivity contribution >= 4 is 28.5 Å². The number of nitrogens with two attached hydrogens (primary N) is 1. The van der Waals surface area contributed by atoms with Crippen molar-refractivity contribution in [3.05, 3.63) is 5.01 Å². The molecule has 6 rings (SSSR count). The number of primary amides is 1. The van der Waals surface area contributed by atoms with E-state index in [4.69, 9.17) is 5.73 Å². The first-order valence-electron chi connectivity index (χ1n) is 10.5. The predicted molar refractivity (Wildman–Crippen MR) is 104 cm³/mol. The van der Waals surface area contributed by atoms with Gasteiger partial charge < -0.3 is 21.1 Å². The number of carbonyl (C=O) groups excluding carboxylic acids is 1. The standard InChI is InChI=1S/C19H24F3N5O3S/c20-19(21,22)15-25-26-16(31-15)24-11-1-2-27(17(29)30)13(11)12-9-3-8-4-10(12)7-18(5-8,6-9)14(23)28/h8-13H,1-7H2,(H2,23,28)(H,24,26)(H,29,30)/t8?,9-,10?,11?,12?,13-,18?/m0/s1. The maximum atomic E-state index is 12.9. The van der Waals surface area contributed by atoms with Crippen molar-refractivity contribution in [2.45, 2.75) is 56.8 Å². The summed E-state index contributed by atoms with van der Waals surface area (Å²) in [6, 6.07) is -0.729. The van der Waals surface area contributed by atoms with Gasteiger partial charge in [-0.2, -0.15) is 13.2 Å². The molecule has 7 atom stereocenters. The smallest absolute Gasteiger partial charge is 0.445 e. The van der Waals surface area contributed by atoms with Crippen LogP contribution in [-0.4, -0.2) is 50.8 Å². The van der Waals surface area contributed by atoms with E-state index < -0.39 is 22.7 Å². The van der Waals surface area contributed by atoms with E-state index >= 15 is 0 Å². The molecule has 31 heavy (non-hydrogen) atoms. The van der Waals surface area contributed by atoms with E-state index in [2.05, 4.69) is 15.5 Å². The number of carbonyl (C=O) groups is 2. The third kappa shape index (κ3) is 3.33. The summed E-state index contributed by atoms with van der Waals surface area (Å²) in [7, 11) is 0. The quantitative estimate of drug-likeness (QED) is 0.636. The number of nitrogens with one attached hydrogen (secondary N) is 1. The number of carboxylic acid groups (broad SMARTS) is 1. The van der Waals surface area contributed by atoms with Crippen LogP contribution in [0.25, 0.3) is 0 Å². The molecule has 1 aliphatic heterocycles. The van der Waals surface area contributed by atoms with Gasteiger partial charge in [-0.3, -0.25) is 4.79 Å². The lowest BCUT2D eigenvalue weighted by Crippen LogP contribution is -2.61. The van der Waals surface area contributed by atoms with Crippen molar-refractivity contribution in [2.75, 3.05) is 11.9 Å². The van der Waals surface area contributed by atoms with Crippen molar-refractivity contribution in [3.63, 3.8) is 0 Å². The first kappa shape index (κ1) is 20.8. The molecular formula is C19H24F3N5O3S. The summed E-state index contributed by atoms with van der Waals surface area (Å²) >= 11 is 0.432. The zero-order chi connectivity index (χ0) is 22.1. The molecule has 5 fully saturated rings. The van der Waals surface area contributed by atoms with Crippen LogP contribution in [0.2, 0.25) is 0 Å². The molecule has 4 aliphatic carbocycles. The molecule has 5 unspecified atom stereocenters. The molecule has 8 nitrogen and oxygen atoms in total. The van der Waals surface area contributed by atoms with Gasteiger partial charge in [-0.15, -0.1) is 10.2 Å². The normalized spacial score (nSPS) is 39.1. The van der Waals surface area contributed by atoms with Gasteiger partial charge in [-0.1, -0.05) is 11.3 Å². The monoisotopic (exact) mass is 459 g/mol. The van der Waals surface area contributed by atoms with Gasteiger partial charge in [0, 0.05) is 12.0 Å². The van der Waals surface area contributed by atoms with Gasteiger partial charge in [0.25, 0.3) is 0 Å². The molecule has 2 heterocycles. The fourth-order valence-corrected chi connectivity index (χ4v) is 7.82. The number of nitrogens with zero attached hydrogens (tertiary/aromatic N) is 3. The lowest BCUT2D eigenvalue weighted by atomic mass is 9.44. The highest BCUT2D eigenvalue weighted by Gasteiger charge is 2.61. The fourth-order valence-electron chi connectivity index (χ4n) is 7.15. The van der Waals surface area contributed by atoms with E-state index in [1.807, 2.05) is 0 Å². The Hall–Kier alpha value is -2.11. The lowest BCUT2D eigenvalue weighted by molar-refractivity contribution is -0.154. The van der Waals surface area contributed by atoms with Gasteiger partial charge in [0.15, 0.2) is 0 Å². The van der Waals surface area contributed by atoms with Gasteiger partial charge >= 0.3 is 12.3 Å². The average molecular weight is 459 g/mol. The molecule has 4 N–H and O–H groups in total. The number of halogens is 3. The predicted octanol–water partition coefficient (Wildman–Crippen LogP) is 3.02. The van der Waals surface area contributed by atoms with Gasteiger partial charge in [0.05, 0.1) is 12.1 Å². The summed E-state index contributed by atoms with van der Waals surface area (Å²) in [4.78, 5) is 25.7. The van der Waals surface area contributed by atoms with Crippen molar-refractivity contribution < 1.29 is 27.9 Å². The Balaban J connectivity index is 1.42. The minimum atomic E-state index is -4.57. The molecule has 2 amide bonds. The van der Waals surface area contributed by atoms with E-state index in [0.29, 0.717) is 43.1 Å². The summed E-state index contributed by atoms with van der Waals surface area (Å²) in [5.41, 5.74) is 5.29. The highest BCUT2D eigenvalue weighted by Crippen LogP contribution is 2.63. The van der Waals surface area contributed by atoms with Crippen molar-refractivity contribution in [2.24, 2.45) is 34.8 Å². The zero-order valence-electron chi connectivity index (χ0n) is 16.6. The van der Waals surface area contributed by atoms with Gasteiger partial charge in [0.2, 0.25) is 16.0 Å². The number of anilines is 1. The zero-order valence-corrected chi connectivity index (χ0v) is 17.5. The van der Waals surface area contributed by atoms with Gasteiger partial charge in [-0.05, 0) is 62.2 Å². The summed E-state index contributed by atoms with van der Waals surface area (Å²) in [6.45, 7) is 0.308. The fraction of sp³-hybridized carbons (Fsp3) is 0.789. The van der Waals surface area contributed by atoms with E-state index in [1.165, 1.54) is 4.90 Å². The second-order valence-corrected chi connectivity index (χ2v) is 10.6. The average Bonchev–Trinajstić information content (AvgIpc) is 3.29. The van der Waals surface area contributed by atoms with Crippen LogP contribution in [0.5, 0.6) is 0 Å². The number of rotatable bonds is 4. The minimum absolute atomic E-state index is 0.0481. The number of likely N-dealkylation sites (tertiary alicyclic amines) is 1. The number of alkyl halides is 3. The van der Waals surface area contributed by atoms with Crippen molar-refractivity contribution in [3.8, 4) is 0 Å². The van der Waals surface area contributed by atoms with Crippen LogP contribution in [0, 0.1) is 29.1 Å². The topological polar surface area (TPSA) is 121 Å². The molecule has 4 saturated carbocycles. The van der Waals surface area contributed by atoms with Crippen LogP contribution >= 0.6 is 11.3 Å². The van der Waals surface area contributed by atoms with Crippen LogP contribution in [0.1, 0.15) is 43.5 Å². The molecule has 1 saturated heterocycles. The maximum Gasteiger partial charge on any atom is 0.445 e. The molecule has 0 radical (unpaired) electrons. The Bertz CT molecular complexity index is 893. The van der Waals surface area contributed by atoms with Crippen molar-refractivity contribution in [1.82, 2.24) is 15.1 Å². The summed E-state index contributed by atoms with van der Waals surface area (Å²) in [6.07, 6.45) is -1.04. The first-order valence-corrected chi connectivity index (χ1v) is 11.4. The highest BCUT2D eigenvalue weighted by molar-refractivity contribution is 7.15. The Morgan fingerprint density at radius 2 is 1.87 bits per heavy atom.